The van der Waals surface area contributed by atoms with Crippen molar-refractivity contribution in [1.82, 2.24) is 20.1 Å². The van der Waals surface area contributed by atoms with Gasteiger partial charge in [-0.05, 0) is 36.8 Å². The lowest BCUT2D eigenvalue weighted by molar-refractivity contribution is -0.126. The first-order valence-corrected chi connectivity index (χ1v) is 12.2. The van der Waals surface area contributed by atoms with E-state index in [0.29, 0.717) is 5.56 Å². The number of rotatable bonds is 6. The summed E-state index contributed by atoms with van der Waals surface area (Å²) < 4.78 is 25.0. The highest BCUT2D eigenvalue weighted by Gasteiger charge is 2.43. The van der Waals surface area contributed by atoms with Crippen molar-refractivity contribution in [3.63, 3.8) is 0 Å². The summed E-state index contributed by atoms with van der Waals surface area (Å²) >= 11 is 0. The maximum absolute atomic E-state index is 13.4. The molecule has 5 rings (SSSR count). The number of benzene rings is 3. The van der Waals surface area contributed by atoms with Gasteiger partial charge in [0, 0.05) is 28.2 Å². The van der Waals surface area contributed by atoms with Gasteiger partial charge in [0.15, 0.2) is 0 Å². The third kappa shape index (κ3) is 3.64. The van der Waals surface area contributed by atoms with Crippen molar-refractivity contribution < 1.29 is 18.0 Å². The number of aromatic amines is 1. The second-order valence-corrected chi connectivity index (χ2v) is 9.76. The Hall–Kier alpha value is -3.95. The summed E-state index contributed by atoms with van der Waals surface area (Å²) in [5, 5.41) is 0.944. The lowest BCUT2D eigenvalue weighted by Crippen LogP contribution is -2.52. The highest BCUT2D eigenvalue weighted by Crippen LogP contribution is 2.42. The Morgan fingerprint density at radius 3 is 2.41 bits per heavy atom. The molecule has 8 nitrogen and oxygen atoms in total. The number of H-pyrrole nitrogens is 1. The van der Waals surface area contributed by atoms with Gasteiger partial charge in [-0.25, -0.2) is 8.42 Å². The normalized spacial score (nSPS) is 16.4. The summed E-state index contributed by atoms with van der Waals surface area (Å²) in [6.45, 7) is 1.58. The number of fused-ring (bicyclic) bond motifs is 2. The quantitative estimate of drug-likeness (QED) is 0.373. The maximum Gasteiger partial charge on any atom is 0.257 e. The van der Waals surface area contributed by atoms with E-state index in [1.165, 1.54) is 17.0 Å². The number of hydrogen-bond donors (Lipinski definition) is 3. The molecule has 2 atom stereocenters. The van der Waals surface area contributed by atoms with Crippen LogP contribution in [0.4, 0.5) is 0 Å². The minimum atomic E-state index is -3.96. The molecule has 1 aliphatic rings. The average Bonchev–Trinajstić information content (AvgIpc) is 3.41. The van der Waals surface area contributed by atoms with Crippen molar-refractivity contribution in [2.45, 2.75) is 23.9 Å². The van der Waals surface area contributed by atoms with Gasteiger partial charge in [-0.3, -0.25) is 15.0 Å². The standard InChI is InChI=1S/C25H22N4O4S/c1-16(24(30)27-28-34(32,33)17-9-3-2-4-10-17)29-23(19-12-5-6-13-20(19)25(29)31)21-15-26-22-14-8-7-11-18(21)22/h2-16,23,26,28H,1H3,(H,27,30)/t16-,23+/m0/s1. The van der Waals surface area contributed by atoms with Crippen molar-refractivity contribution in [1.29, 1.82) is 0 Å². The number of aromatic nitrogens is 1. The SMILES string of the molecule is C[C@@H](C(=O)NNS(=O)(=O)c1ccccc1)N1C(=O)c2ccccc2[C@@H]1c1c[nH]c2ccccc12. The number of amides is 2. The van der Waals surface area contributed by atoms with Crippen molar-refractivity contribution in [3.05, 3.63) is 102 Å². The van der Waals surface area contributed by atoms with Crippen LogP contribution in [0, 0.1) is 0 Å². The van der Waals surface area contributed by atoms with Crippen LogP contribution in [0.25, 0.3) is 10.9 Å². The van der Waals surface area contributed by atoms with Crippen LogP contribution in [0.5, 0.6) is 0 Å². The van der Waals surface area contributed by atoms with Gasteiger partial charge < -0.3 is 9.88 Å². The molecule has 172 valence electrons. The van der Waals surface area contributed by atoms with Crippen LogP contribution in [-0.4, -0.2) is 36.2 Å². The molecule has 9 heteroatoms. The van der Waals surface area contributed by atoms with Gasteiger partial charge in [-0.1, -0.05) is 54.6 Å². The first-order chi connectivity index (χ1) is 16.4. The number of carbonyl (C=O) groups is 2. The molecule has 0 radical (unpaired) electrons. The van der Waals surface area contributed by atoms with Gasteiger partial charge in [0.2, 0.25) is 0 Å². The van der Waals surface area contributed by atoms with Crippen molar-refractivity contribution in [2.24, 2.45) is 0 Å². The molecule has 2 heterocycles. The van der Waals surface area contributed by atoms with Gasteiger partial charge in [0.25, 0.3) is 21.8 Å². The Kier molecular flexibility index (Phi) is 5.43. The molecule has 3 N–H and O–H groups in total. The zero-order valence-corrected chi connectivity index (χ0v) is 19.0. The molecule has 0 unspecified atom stereocenters. The Morgan fingerprint density at radius 2 is 1.62 bits per heavy atom. The largest absolute Gasteiger partial charge is 0.361 e. The van der Waals surface area contributed by atoms with E-state index >= 15 is 0 Å². The summed E-state index contributed by atoms with van der Waals surface area (Å²) in [5.41, 5.74) is 5.36. The molecule has 0 aliphatic carbocycles. The predicted octanol–water partition coefficient (Wildman–Crippen LogP) is 3.11. The minimum absolute atomic E-state index is 0.0178. The van der Waals surface area contributed by atoms with Crippen molar-refractivity contribution in [2.75, 3.05) is 0 Å². The van der Waals surface area contributed by atoms with Crippen LogP contribution in [-0.2, 0) is 14.8 Å². The molecule has 2 amide bonds. The number of nitrogens with zero attached hydrogens (tertiary/aromatic N) is 1. The van der Waals surface area contributed by atoms with Gasteiger partial charge in [-0.2, -0.15) is 0 Å². The van der Waals surface area contributed by atoms with Crippen LogP contribution in [0.2, 0.25) is 0 Å². The van der Waals surface area contributed by atoms with E-state index in [1.807, 2.05) is 42.6 Å². The molecule has 0 fully saturated rings. The Labute approximate surface area is 196 Å². The van der Waals surface area contributed by atoms with Gasteiger partial charge in [0.05, 0.1) is 10.9 Å². The summed E-state index contributed by atoms with van der Waals surface area (Å²) in [6, 6.07) is 21.2. The third-order valence-corrected chi connectivity index (χ3v) is 7.34. The summed E-state index contributed by atoms with van der Waals surface area (Å²) in [5.74, 6) is -0.940. The molecule has 3 aromatic carbocycles. The first kappa shape index (κ1) is 21.9. The van der Waals surface area contributed by atoms with Crippen LogP contribution in [0.3, 0.4) is 0 Å². The maximum atomic E-state index is 13.4. The molecular formula is C25H22N4O4S. The fourth-order valence-corrected chi connectivity index (χ4v) is 5.25. The molecule has 4 aromatic rings. The van der Waals surface area contributed by atoms with E-state index < -0.39 is 28.0 Å². The van der Waals surface area contributed by atoms with Crippen molar-refractivity contribution in [3.8, 4) is 0 Å². The molecule has 34 heavy (non-hydrogen) atoms. The zero-order valence-electron chi connectivity index (χ0n) is 18.2. The highest BCUT2D eigenvalue weighted by molar-refractivity contribution is 7.89. The Balaban J connectivity index is 1.46. The minimum Gasteiger partial charge on any atom is -0.361 e. The van der Waals surface area contributed by atoms with E-state index in [9.17, 15) is 18.0 Å². The smallest absolute Gasteiger partial charge is 0.257 e. The number of hydrazine groups is 1. The number of para-hydroxylation sites is 1. The summed E-state index contributed by atoms with van der Waals surface area (Å²) in [7, 11) is -3.96. The van der Waals surface area contributed by atoms with Crippen LogP contribution < -0.4 is 10.3 Å². The topological polar surface area (TPSA) is 111 Å². The van der Waals surface area contributed by atoms with Crippen LogP contribution >= 0.6 is 0 Å². The van der Waals surface area contributed by atoms with Crippen LogP contribution in [0.1, 0.15) is 34.5 Å². The van der Waals surface area contributed by atoms with E-state index in [1.54, 1.807) is 37.3 Å². The lowest BCUT2D eigenvalue weighted by Gasteiger charge is -2.30. The fraction of sp³-hybridized carbons (Fsp3) is 0.120. The van der Waals surface area contributed by atoms with E-state index in [4.69, 9.17) is 0 Å². The lowest BCUT2D eigenvalue weighted by atomic mass is 9.97. The van der Waals surface area contributed by atoms with Crippen molar-refractivity contribution >= 4 is 32.7 Å². The molecule has 1 aliphatic heterocycles. The highest BCUT2D eigenvalue weighted by atomic mass is 32.2. The predicted molar refractivity (Wildman–Crippen MR) is 127 cm³/mol. The Bertz CT molecular complexity index is 1500. The van der Waals surface area contributed by atoms with E-state index in [-0.39, 0.29) is 10.8 Å². The second kappa shape index (κ2) is 8.44. The van der Waals surface area contributed by atoms with Crippen LogP contribution in [0.15, 0.2) is 90.0 Å². The molecule has 0 bridgehead atoms. The third-order valence-electron chi connectivity index (χ3n) is 6.07. The summed E-state index contributed by atoms with van der Waals surface area (Å²) in [4.78, 5) is 33.3. The molecule has 0 spiro atoms. The summed E-state index contributed by atoms with van der Waals surface area (Å²) in [6.07, 6.45) is 1.85. The molecule has 0 saturated carbocycles. The van der Waals surface area contributed by atoms with E-state index in [2.05, 4.69) is 15.2 Å². The molecule has 1 aromatic heterocycles. The molecular weight excluding hydrogens is 452 g/mol. The molecule has 0 saturated heterocycles. The van der Waals surface area contributed by atoms with E-state index in [0.717, 1.165) is 22.0 Å². The number of nitrogens with one attached hydrogen (secondary N) is 3. The second-order valence-electron chi connectivity index (χ2n) is 8.08. The number of carbonyl (C=O) groups excluding carboxylic acids is 2. The Morgan fingerprint density at radius 1 is 0.941 bits per heavy atom. The zero-order chi connectivity index (χ0) is 23.9. The number of hydrogen-bond acceptors (Lipinski definition) is 4. The van der Waals surface area contributed by atoms with Gasteiger partial charge >= 0.3 is 0 Å². The fourth-order valence-electron chi connectivity index (χ4n) is 4.38. The average molecular weight is 475 g/mol. The first-order valence-electron chi connectivity index (χ1n) is 10.7. The van der Waals surface area contributed by atoms with Gasteiger partial charge in [-0.15, -0.1) is 4.83 Å². The van der Waals surface area contributed by atoms with Gasteiger partial charge in [0.1, 0.15) is 6.04 Å². The monoisotopic (exact) mass is 474 g/mol. The number of sulfonamides is 1.